The van der Waals surface area contributed by atoms with Gasteiger partial charge in [-0.3, -0.25) is 4.98 Å². The topological polar surface area (TPSA) is 57.4 Å². The molecule has 0 spiro atoms. The number of nitrogens with zero attached hydrogens (tertiary/aromatic N) is 1. The minimum absolute atomic E-state index is 0.0643. The molecule has 1 aliphatic heterocycles. The number of fused-ring (bicyclic) bond motifs is 1. The van der Waals surface area contributed by atoms with Crippen LogP contribution in [-0.2, 0) is 12.8 Å². The molecule has 0 aliphatic carbocycles. The second kappa shape index (κ2) is 6.14. The summed E-state index contributed by atoms with van der Waals surface area (Å²) >= 11 is 0. The van der Waals surface area contributed by atoms with Crippen LogP contribution in [0.3, 0.4) is 0 Å². The van der Waals surface area contributed by atoms with E-state index >= 15 is 0 Å². The molecule has 0 saturated carbocycles. The first-order valence-electron chi connectivity index (χ1n) is 7.30. The highest BCUT2D eigenvalue weighted by atomic mass is 16.5. The van der Waals surface area contributed by atoms with Gasteiger partial charge in [-0.05, 0) is 37.2 Å². The first-order chi connectivity index (χ1) is 10.3. The van der Waals surface area contributed by atoms with Crippen LogP contribution in [0, 0.1) is 6.92 Å². The molecule has 0 radical (unpaired) electrons. The van der Waals surface area contributed by atoms with E-state index in [1.165, 1.54) is 5.56 Å². The maximum absolute atomic E-state index is 5.92. The summed E-state index contributed by atoms with van der Waals surface area (Å²) < 4.78 is 11.8. The summed E-state index contributed by atoms with van der Waals surface area (Å²) in [5.74, 6) is 1.78. The highest BCUT2D eigenvalue weighted by Gasteiger charge is 2.23. The van der Waals surface area contributed by atoms with Crippen LogP contribution in [0.1, 0.15) is 17.0 Å². The van der Waals surface area contributed by atoms with Gasteiger partial charge in [-0.25, -0.2) is 0 Å². The van der Waals surface area contributed by atoms with E-state index in [4.69, 9.17) is 15.2 Å². The number of ether oxygens (including phenoxy) is 2. The average Bonchev–Trinajstić information content (AvgIpc) is 2.89. The zero-order chi connectivity index (χ0) is 14.7. The van der Waals surface area contributed by atoms with Crippen LogP contribution in [0.25, 0.3) is 0 Å². The molecule has 1 atom stereocenters. The molecule has 2 aromatic rings. The van der Waals surface area contributed by atoms with Crippen molar-refractivity contribution >= 4 is 0 Å². The standard InChI is InChI=1S/C17H20N2O2/c1-12-6-7-17(15(19-12)8-9-18)20-11-14-10-13-4-2-3-5-16(13)21-14/h2-7,14H,8-11,18H2,1H3. The molecule has 4 heteroatoms. The van der Waals surface area contributed by atoms with Crippen molar-refractivity contribution in [1.29, 1.82) is 0 Å². The lowest BCUT2D eigenvalue weighted by Crippen LogP contribution is -2.23. The van der Waals surface area contributed by atoms with Crippen molar-refractivity contribution in [3.05, 3.63) is 53.3 Å². The SMILES string of the molecule is Cc1ccc(OCC2Cc3ccccc3O2)c(CCN)n1. The third-order valence-electron chi connectivity index (χ3n) is 3.59. The molecule has 0 saturated heterocycles. The fourth-order valence-electron chi connectivity index (χ4n) is 2.57. The number of para-hydroxylation sites is 1. The molecule has 110 valence electrons. The summed E-state index contributed by atoms with van der Waals surface area (Å²) in [6, 6.07) is 12.1. The van der Waals surface area contributed by atoms with Gasteiger partial charge in [-0.2, -0.15) is 0 Å². The summed E-state index contributed by atoms with van der Waals surface area (Å²) in [4.78, 5) is 4.50. The predicted octanol–water partition coefficient (Wildman–Crippen LogP) is 2.27. The number of rotatable bonds is 5. The Labute approximate surface area is 124 Å². The fraction of sp³-hybridized carbons (Fsp3) is 0.353. The number of aryl methyl sites for hydroxylation is 1. The third-order valence-corrected chi connectivity index (χ3v) is 3.59. The van der Waals surface area contributed by atoms with Gasteiger partial charge in [0, 0.05) is 18.5 Å². The highest BCUT2D eigenvalue weighted by Crippen LogP contribution is 2.28. The average molecular weight is 284 g/mol. The minimum atomic E-state index is 0.0643. The van der Waals surface area contributed by atoms with Gasteiger partial charge >= 0.3 is 0 Å². The molecule has 0 bridgehead atoms. The van der Waals surface area contributed by atoms with E-state index in [1.807, 2.05) is 37.3 Å². The quantitative estimate of drug-likeness (QED) is 0.915. The van der Waals surface area contributed by atoms with Gasteiger partial charge in [0.2, 0.25) is 0 Å². The number of hydrogen-bond acceptors (Lipinski definition) is 4. The molecule has 2 heterocycles. The molecule has 1 aromatic carbocycles. The van der Waals surface area contributed by atoms with Crippen LogP contribution in [0.5, 0.6) is 11.5 Å². The minimum Gasteiger partial charge on any atom is -0.488 e. The molecule has 4 nitrogen and oxygen atoms in total. The van der Waals surface area contributed by atoms with E-state index in [9.17, 15) is 0 Å². The molecule has 21 heavy (non-hydrogen) atoms. The molecule has 1 unspecified atom stereocenters. The Morgan fingerprint density at radius 2 is 2.14 bits per heavy atom. The largest absolute Gasteiger partial charge is 0.488 e. The first kappa shape index (κ1) is 13.9. The Morgan fingerprint density at radius 1 is 1.29 bits per heavy atom. The molecular formula is C17H20N2O2. The maximum atomic E-state index is 5.92. The van der Waals surface area contributed by atoms with Crippen LogP contribution >= 0.6 is 0 Å². The van der Waals surface area contributed by atoms with Gasteiger partial charge in [-0.1, -0.05) is 18.2 Å². The van der Waals surface area contributed by atoms with Crippen molar-refractivity contribution in [1.82, 2.24) is 4.98 Å². The van der Waals surface area contributed by atoms with Crippen LogP contribution in [0.15, 0.2) is 36.4 Å². The van der Waals surface area contributed by atoms with Crippen molar-refractivity contribution in [3.8, 4) is 11.5 Å². The lowest BCUT2D eigenvalue weighted by Gasteiger charge is -2.15. The maximum Gasteiger partial charge on any atom is 0.141 e. The van der Waals surface area contributed by atoms with Gasteiger partial charge in [0.1, 0.15) is 24.2 Å². The number of benzene rings is 1. The summed E-state index contributed by atoms with van der Waals surface area (Å²) in [7, 11) is 0. The molecular weight excluding hydrogens is 264 g/mol. The van der Waals surface area contributed by atoms with Gasteiger partial charge in [-0.15, -0.1) is 0 Å². The molecule has 2 N–H and O–H groups in total. The zero-order valence-corrected chi connectivity index (χ0v) is 12.2. The second-order valence-electron chi connectivity index (χ2n) is 5.30. The monoisotopic (exact) mass is 284 g/mol. The van der Waals surface area contributed by atoms with E-state index in [2.05, 4.69) is 11.1 Å². The number of pyridine rings is 1. The Balaban J connectivity index is 1.64. The van der Waals surface area contributed by atoms with Crippen molar-refractivity contribution in [2.24, 2.45) is 5.73 Å². The smallest absolute Gasteiger partial charge is 0.141 e. The first-order valence-corrected chi connectivity index (χ1v) is 7.30. The molecule has 3 rings (SSSR count). The van der Waals surface area contributed by atoms with Gasteiger partial charge < -0.3 is 15.2 Å². The van der Waals surface area contributed by atoms with Crippen LogP contribution in [0.4, 0.5) is 0 Å². The normalized spacial score (nSPS) is 16.4. The predicted molar refractivity (Wildman–Crippen MR) is 81.8 cm³/mol. The van der Waals surface area contributed by atoms with E-state index in [0.29, 0.717) is 13.2 Å². The van der Waals surface area contributed by atoms with Crippen LogP contribution in [0.2, 0.25) is 0 Å². The Morgan fingerprint density at radius 3 is 2.95 bits per heavy atom. The van der Waals surface area contributed by atoms with E-state index in [1.54, 1.807) is 0 Å². The van der Waals surface area contributed by atoms with Gasteiger partial charge in [0.25, 0.3) is 0 Å². The van der Waals surface area contributed by atoms with Crippen molar-refractivity contribution < 1.29 is 9.47 Å². The van der Waals surface area contributed by atoms with Crippen molar-refractivity contribution in [2.45, 2.75) is 25.9 Å². The lowest BCUT2D eigenvalue weighted by atomic mass is 10.1. The van der Waals surface area contributed by atoms with Crippen molar-refractivity contribution in [3.63, 3.8) is 0 Å². The summed E-state index contributed by atoms with van der Waals surface area (Å²) in [5.41, 5.74) is 8.79. The third kappa shape index (κ3) is 3.16. The number of aromatic nitrogens is 1. The van der Waals surface area contributed by atoms with E-state index < -0.39 is 0 Å². The van der Waals surface area contributed by atoms with E-state index in [0.717, 1.165) is 35.7 Å². The Bertz CT molecular complexity index is 603. The second-order valence-corrected chi connectivity index (χ2v) is 5.30. The van der Waals surface area contributed by atoms with Crippen molar-refractivity contribution in [2.75, 3.05) is 13.2 Å². The summed E-state index contributed by atoms with van der Waals surface area (Å²) in [5, 5.41) is 0. The van der Waals surface area contributed by atoms with Crippen LogP contribution < -0.4 is 15.2 Å². The number of nitrogens with two attached hydrogens (primary N) is 1. The highest BCUT2D eigenvalue weighted by molar-refractivity contribution is 5.37. The van der Waals surface area contributed by atoms with Crippen LogP contribution in [-0.4, -0.2) is 24.2 Å². The molecule has 1 aliphatic rings. The Kier molecular flexibility index (Phi) is 4.06. The molecule has 1 aromatic heterocycles. The zero-order valence-electron chi connectivity index (χ0n) is 12.2. The molecule has 0 fully saturated rings. The fourth-order valence-corrected chi connectivity index (χ4v) is 2.57. The van der Waals surface area contributed by atoms with Gasteiger partial charge in [0.15, 0.2) is 0 Å². The lowest BCUT2D eigenvalue weighted by molar-refractivity contribution is 0.147. The van der Waals surface area contributed by atoms with E-state index in [-0.39, 0.29) is 6.10 Å². The molecule has 0 amide bonds. The summed E-state index contributed by atoms with van der Waals surface area (Å²) in [6.45, 7) is 3.07. The number of hydrogen-bond donors (Lipinski definition) is 1. The van der Waals surface area contributed by atoms with Gasteiger partial charge in [0.05, 0.1) is 5.69 Å². The Hall–Kier alpha value is -2.07. The summed E-state index contributed by atoms with van der Waals surface area (Å²) in [6.07, 6.45) is 1.68.